The number of rotatable bonds is 2. The van der Waals surface area contributed by atoms with Crippen LogP contribution in [0.5, 0.6) is 0 Å². The lowest BCUT2D eigenvalue weighted by Gasteiger charge is -2.39. The highest BCUT2D eigenvalue weighted by molar-refractivity contribution is 4.87. The third kappa shape index (κ3) is 2.96. The first-order valence-electron chi connectivity index (χ1n) is 6.91. The predicted octanol–water partition coefficient (Wildman–Crippen LogP) is 1.35. The SMILES string of the molecule is NC1CCCCCC1N1CCC(CO)CC1. The van der Waals surface area contributed by atoms with Gasteiger partial charge < -0.3 is 10.8 Å². The summed E-state index contributed by atoms with van der Waals surface area (Å²) in [7, 11) is 0. The van der Waals surface area contributed by atoms with Crippen LogP contribution in [-0.4, -0.2) is 41.8 Å². The van der Waals surface area contributed by atoms with Gasteiger partial charge in [-0.25, -0.2) is 0 Å². The van der Waals surface area contributed by atoms with Crippen molar-refractivity contribution in [1.82, 2.24) is 4.90 Å². The van der Waals surface area contributed by atoms with E-state index in [-0.39, 0.29) is 0 Å². The molecule has 2 fully saturated rings. The number of hydrogen-bond donors (Lipinski definition) is 2. The van der Waals surface area contributed by atoms with E-state index in [1.54, 1.807) is 0 Å². The number of nitrogens with zero attached hydrogens (tertiary/aromatic N) is 1. The summed E-state index contributed by atoms with van der Waals surface area (Å²) in [6.07, 6.45) is 8.80. The molecule has 0 spiro atoms. The van der Waals surface area contributed by atoms with Crippen LogP contribution < -0.4 is 5.73 Å². The van der Waals surface area contributed by atoms with Crippen molar-refractivity contribution >= 4 is 0 Å². The van der Waals surface area contributed by atoms with Crippen molar-refractivity contribution in [1.29, 1.82) is 0 Å². The van der Waals surface area contributed by atoms with Crippen LogP contribution in [0.1, 0.15) is 44.9 Å². The van der Waals surface area contributed by atoms with Gasteiger partial charge in [0.1, 0.15) is 0 Å². The third-order valence-corrected chi connectivity index (χ3v) is 4.41. The molecule has 2 aliphatic rings. The van der Waals surface area contributed by atoms with Crippen LogP contribution in [0, 0.1) is 5.92 Å². The normalized spacial score (nSPS) is 34.9. The van der Waals surface area contributed by atoms with E-state index in [9.17, 15) is 0 Å². The summed E-state index contributed by atoms with van der Waals surface area (Å²) in [5, 5.41) is 9.14. The Bertz CT molecular complexity index is 202. The largest absolute Gasteiger partial charge is 0.396 e. The van der Waals surface area contributed by atoms with Crippen LogP contribution in [0.2, 0.25) is 0 Å². The summed E-state index contributed by atoms with van der Waals surface area (Å²) >= 11 is 0. The molecule has 0 aromatic rings. The lowest BCUT2D eigenvalue weighted by molar-refractivity contribution is 0.0862. The molecule has 1 saturated heterocycles. The zero-order valence-electron chi connectivity index (χ0n) is 10.3. The van der Waals surface area contributed by atoms with E-state index < -0.39 is 0 Å². The van der Waals surface area contributed by atoms with Crippen molar-refractivity contribution in [2.45, 2.75) is 57.0 Å². The fraction of sp³-hybridized carbons (Fsp3) is 1.00. The Kier molecular flexibility index (Phi) is 4.62. The van der Waals surface area contributed by atoms with Crippen molar-refractivity contribution in [2.24, 2.45) is 11.7 Å². The predicted molar refractivity (Wildman–Crippen MR) is 66.2 cm³/mol. The number of piperidine rings is 1. The van der Waals surface area contributed by atoms with E-state index in [1.807, 2.05) is 0 Å². The van der Waals surface area contributed by atoms with Crippen molar-refractivity contribution in [3.05, 3.63) is 0 Å². The molecular weight excluding hydrogens is 200 g/mol. The lowest BCUT2D eigenvalue weighted by atomic mass is 9.93. The molecule has 1 heterocycles. The summed E-state index contributed by atoms with van der Waals surface area (Å²) in [4.78, 5) is 2.59. The molecule has 16 heavy (non-hydrogen) atoms. The second kappa shape index (κ2) is 5.99. The fourth-order valence-corrected chi connectivity index (χ4v) is 3.24. The van der Waals surface area contributed by atoms with Crippen molar-refractivity contribution in [2.75, 3.05) is 19.7 Å². The summed E-state index contributed by atoms with van der Waals surface area (Å²) in [6, 6.07) is 0.996. The Balaban J connectivity index is 1.86. The monoisotopic (exact) mass is 226 g/mol. The zero-order valence-corrected chi connectivity index (χ0v) is 10.3. The smallest absolute Gasteiger partial charge is 0.0460 e. The molecule has 1 aliphatic carbocycles. The first-order valence-corrected chi connectivity index (χ1v) is 6.91. The molecule has 2 rings (SSSR count). The van der Waals surface area contributed by atoms with Gasteiger partial charge in [-0.05, 0) is 44.7 Å². The average molecular weight is 226 g/mol. The highest BCUT2D eigenvalue weighted by atomic mass is 16.3. The number of likely N-dealkylation sites (tertiary alicyclic amines) is 1. The van der Waals surface area contributed by atoms with Gasteiger partial charge in [0.25, 0.3) is 0 Å². The maximum absolute atomic E-state index is 9.14. The number of aliphatic hydroxyl groups is 1. The first-order chi connectivity index (χ1) is 7.81. The van der Waals surface area contributed by atoms with Gasteiger partial charge in [-0.3, -0.25) is 4.90 Å². The van der Waals surface area contributed by atoms with Gasteiger partial charge in [0, 0.05) is 18.7 Å². The van der Waals surface area contributed by atoms with Gasteiger partial charge in [-0.15, -0.1) is 0 Å². The highest BCUT2D eigenvalue weighted by Crippen LogP contribution is 2.25. The van der Waals surface area contributed by atoms with Crippen molar-refractivity contribution < 1.29 is 5.11 Å². The van der Waals surface area contributed by atoms with E-state index in [2.05, 4.69) is 4.90 Å². The van der Waals surface area contributed by atoms with Crippen LogP contribution in [0.25, 0.3) is 0 Å². The molecule has 3 N–H and O–H groups in total. The molecule has 3 heteroatoms. The van der Waals surface area contributed by atoms with Crippen LogP contribution in [0.3, 0.4) is 0 Å². The molecular formula is C13H26N2O. The van der Waals surface area contributed by atoms with Gasteiger partial charge in [-0.1, -0.05) is 19.3 Å². The summed E-state index contributed by atoms with van der Waals surface area (Å²) in [5.41, 5.74) is 6.29. The Labute approximate surface area is 99.0 Å². The Morgan fingerprint density at radius 3 is 2.38 bits per heavy atom. The molecule has 3 nitrogen and oxygen atoms in total. The van der Waals surface area contributed by atoms with Crippen LogP contribution in [-0.2, 0) is 0 Å². The van der Waals surface area contributed by atoms with Gasteiger partial charge in [0.2, 0.25) is 0 Å². The van der Waals surface area contributed by atoms with Crippen LogP contribution in [0.15, 0.2) is 0 Å². The number of hydrogen-bond acceptors (Lipinski definition) is 3. The Hall–Kier alpha value is -0.120. The molecule has 0 bridgehead atoms. The van der Waals surface area contributed by atoms with Crippen molar-refractivity contribution in [3.63, 3.8) is 0 Å². The third-order valence-electron chi connectivity index (χ3n) is 4.41. The second-order valence-electron chi connectivity index (χ2n) is 5.53. The summed E-state index contributed by atoms with van der Waals surface area (Å²) < 4.78 is 0. The minimum absolute atomic E-state index is 0.366. The summed E-state index contributed by atoms with van der Waals surface area (Å²) in [5.74, 6) is 0.540. The Morgan fingerprint density at radius 2 is 1.69 bits per heavy atom. The zero-order chi connectivity index (χ0) is 11.4. The van der Waals surface area contributed by atoms with Crippen LogP contribution >= 0.6 is 0 Å². The molecule has 1 aliphatic heterocycles. The fourth-order valence-electron chi connectivity index (χ4n) is 3.24. The summed E-state index contributed by atoms with van der Waals surface area (Å²) in [6.45, 7) is 2.65. The van der Waals surface area contributed by atoms with Gasteiger partial charge in [0.05, 0.1) is 0 Å². The quantitative estimate of drug-likeness (QED) is 0.699. The van der Waals surface area contributed by atoms with Crippen LogP contribution in [0.4, 0.5) is 0 Å². The molecule has 1 saturated carbocycles. The van der Waals surface area contributed by atoms with E-state index >= 15 is 0 Å². The minimum atomic E-state index is 0.366. The molecule has 0 amide bonds. The minimum Gasteiger partial charge on any atom is -0.396 e. The highest BCUT2D eigenvalue weighted by Gasteiger charge is 2.29. The van der Waals surface area contributed by atoms with Gasteiger partial charge in [0.15, 0.2) is 0 Å². The van der Waals surface area contributed by atoms with E-state index in [0.29, 0.717) is 24.6 Å². The number of nitrogens with two attached hydrogens (primary N) is 1. The van der Waals surface area contributed by atoms with E-state index in [1.165, 1.54) is 32.1 Å². The molecule has 0 aromatic heterocycles. The second-order valence-corrected chi connectivity index (χ2v) is 5.53. The van der Waals surface area contributed by atoms with Crippen molar-refractivity contribution in [3.8, 4) is 0 Å². The Morgan fingerprint density at radius 1 is 1.00 bits per heavy atom. The maximum atomic E-state index is 9.14. The maximum Gasteiger partial charge on any atom is 0.0460 e. The van der Waals surface area contributed by atoms with E-state index in [0.717, 1.165) is 25.9 Å². The lowest BCUT2D eigenvalue weighted by Crippen LogP contribution is -2.50. The molecule has 0 aromatic carbocycles. The first kappa shape index (κ1) is 12.3. The topological polar surface area (TPSA) is 49.5 Å². The molecule has 2 atom stereocenters. The van der Waals surface area contributed by atoms with Gasteiger partial charge >= 0.3 is 0 Å². The molecule has 2 unspecified atom stereocenters. The number of aliphatic hydroxyl groups excluding tert-OH is 1. The standard InChI is InChI=1S/C13H26N2O/c14-12-4-2-1-3-5-13(12)15-8-6-11(10-16)7-9-15/h11-13,16H,1-10,14H2. The average Bonchev–Trinajstić information content (AvgIpc) is 2.54. The van der Waals surface area contributed by atoms with Gasteiger partial charge in [-0.2, -0.15) is 0 Å². The molecule has 0 radical (unpaired) electrons. The van der Waals surface area contributed by atoms with E-state index in [4.69, 9.17) is 10.8 Å². The molecule has 94 valence electrons.